The van der Waals surface area contributed by atoms with Gasteiger partial charge in [0.05, 0.1) is 17.7 Å². The van der Waals surface area contributed by atoms with Crippen LogP contribution >= 0.6 is 0 Å². The number of hydrogen-bond acceptors (Lipinski definition) is 10. The molecule has 0 bridgehead atoms. The lowest BCUT2D eigenvalue weighted by molar-refractivity contribution is -0.137. The zero-order chi connectivity index (χ0) is 33.6. The molecule has 2 aliphatic rings. The van der Waals surface area contributed by atoms with Crippen molar-refractivity contribution in [3.05, 3.63) is 77.4 Å². The van der Waals surface area contributed by atoms with Crippen LogP contribution in [0.3, 0.4) is 0 Å². The summed E-state index contributed by atoms with van der Waals surface area (Å²) < 4.78 is 37.9. The number of piperidine rings is 1. The van der Waals surface area contributed by atoms with Gasteiger partial charge in [0.25, 0.3) is 5.91 Å². The van der Waals surface area contributed by atoms with Crippen LogP contribution in [0.2, 0.25) is 0 Å². The Morgan fingerprint density at radius 2 is 1.71 bits per heavy atom. The van der Waals surface area contributed by atoms with Crippen molar-refractivity contribution >= 4 is 40.2 Å². The summed E-state index contributed by atoms with van der Waals surface area (Å²) >= 11 is 0. The summed E-state index contributed by atoms with van der Waals surface area (Å²) in [6, 6.07) is 14.3. The molecule has 0 atom stereocenters. The smallest absolute Gasteiger partial charge is 0.489 e. The Hall–Kier alpha value is -4.95. The van der Waals surface area contributed by atoms with Gasteiger partial charge in [-0.15, -0.1) is 5.06 Å². The molecule has 1 aromatic heterocycles. The Kier molecular flexibility index (Phi) is 10.2. The lowest BCUT2D eigenvalue weighted by Crippen LogP contribution is -2.44. The molecule has 0 aliphatic carbocycles. The number of H-pyrrole nitrogens is 1. The number of hydrogen-bond donors (Lipinski definition) is 3. The number of fused-ring (bicyclic) bond motifs is 1. The fraction of sp³-hybridized carbons (Fsp3) is 0.382. The Balaban J connectivity index is 1.18. The molecule has 254 valence electrons. The second kappa shape index (κ2) is 14.9. The van der Waals surface area contributed by atoms with Gasteiger partial charge in [-0.05, 0) is 80.9 Å². The van der Waals surface area contributed by atoms with E-state index >= 15 is 0 Å². The molecule has 3 N–H and O–H groups in total. The minimum absolute atomic E-state index is 0.0394. The molecule has 4 aromatic rings. The maximum absolute atomic E-state index is 13.8. The van der Waals surface area contributed by atoms with E-state index in [1.165, 1.54) is 12.1 Å². The Morgan fingerprint density at radius 3 is 2.44 bits per heavy atom. The first-order valence-corrected chi connectivity index (χ1v) is 16.0. The molecule has 0 spiro atoms. The highest BCUT2D eigenvalue weighted by Gasteiger charge is 2.25. The van der Waals surface area contributed by atoms with Crippen molar-refractivity contribution in [1.82, 2.24) is 20.2 Å². The van der Waals surface area contributed by atoms with E-state index in [2.05, 4.69) is 37.7 Å². The van der Waals surface area contributed by atoms with Crippen molar-refractivity contribution in [2.24, 2.45) is 0 Å². The van der Waals surface area contributed by atoms with Gasteiger partial charge in [0.1, 0.15) is 24.0 Å². The second-order valence-electron chi connectivity index (χ2n) is 11.9. The Labute approximate surface area is 276 Å². The number of halogens is 2. The van der Waals surface area contributed by atoms with Crippen molar-refractivity contribution in [1.29, 1.82) is 0 Å². The quantitative estimate of drug-likeness (QED) is 0.190. The molecule has 0 radical (unpaired) electrons. The van der Waals surface area contributed by atoms with Crippen LogP contribution in [-0.4, -0.2) is 91.2 Å². The minimum atomic E-state index is -0.714. The zero-order valence-electron chi connectivity index (χ0n) is 26.9. The predicted molar refractivity (Wildman–Crippen MR) is 177 cm³/mol. The third-order valence-electron chi connectivity index (χ3n) is 8.49. The molecule has 1 amide bonds. The van der Waals surface area contributed by atoms with Crippen molar-refractivity contribution in [3.8, 4) is 5.75 Å². The van der Waals surface area contributed by atoms with E-state index < -0.39 is 17.8 Å². The molecule has 48 heavy (non-hydrogen) atoms. The minimum Gasteiger partial charge on any atom is -0.489 e. The van der Waals surface area contributed by atoms with Crippen LogP contribution in [0.1, 0.15) is 35.7 Å². The second-order valence-corrected chi connectivity index (χ2v) is 11.9. The van der Waals surface area contributed by atoms with Crippen LogP contribution in [0.4, 0.5) is 30.8 Å². The third kappa shape index (κ3) is 8.12. The van der Waals surface area contributed by atoms with Gasteiger partial charge in [-0.1, -0.05) is 0 Å². The van der Waals surface area contributed by atoms with Gasteiger partial charge in [0.2, 0.25) is 0 Å². The van der Waals surface area contributed by atoms with E-state index in [0.717, 1.165) is 37.9 Å². The number of carbonyl (C=O) groups is 2. The number of benzene rings is 3. The van der Waals surface area contributed by atoms with E-state index in [4.69, 9.17) is 14.3 Å². The topological polar surface area (TPSA) is 124 Å². The maximum atomic E-state index is 13.8. The fourth-order valence-corrected chi connectivity index (χ4v) is 5.89. The average molecular weight is 664 g/mol. The number of anilines is 3. The summed E-state index contributed by atoms with van der Waals surface area (Å²) in [6.07, 6.45) is 0.664. The number of likely N-dealkylation sites (N-methyl/N-ethyl adjacent to an activating group) is 1. The van der Waals surface area contributed by atoms with Gasteiger partial charge in [-0.2, -0.15) is 5.10 Å². The Morgan fingerprint density at radius 1 is 0.958 bits per heavy atom. The number of rotatable bonds is 10. The molecular weight excluding hydrogens is 624 g/mol. The van der Waals surface area contributed by atoms with Crippen molar-refractivity contribution in [2.45, 2.75) is 32.4 Å². The molecule has 3 heterocycles. The molecule has 6 rings (SSSR count). The Bertz CT molecular complexity index is 1730. The molecule has 2 fully saturated rings. The molecule has 12 nitrogen and oxygen atoms in total. The number of ether oxygens (including phenoxy) is 2. The SMILES string of the molecule is CCOC(=O)ON1CCC(Nc2cc(N3CCN(C)CC3)ccc2C(=O)Nc2n[nH]c3ccc(OCc4cc(F)cc(F)c4)cc23)CC1. The number of carbonyl (C=O) groups excluding carboxylic acids is 2. The molecule has 0 saturated carbocycles. The standard InChI is InChI=1S/C34H39F2N7O5/c1-3-46-34(45)48-43-10-8-25(9-11-43)37-31-19-26(42-14-12-41(2)13-15-42)4-6-28(31)33(44)38-32-29-20-27(5-7-30(29)39-40-32)47-21-22-16-23(35)18-24(36)17-22/h4-7,16-20,25,37H,3,8-15,21H2,1-2H3,(H2,38,39,40,44). The normalized spacial score (nSPS) is 16.1. The van der Waals surface area contributed by atoms with Crippen LogP contribution in [0.5, 0.6) is 5.75 Å². The number of aromatic nitrogens is 2. The maximum Gasteiger partial charge on any atom is 0.527 e. The fourth-order valence-electron chi connectivity index (χ4n) is 5.89. The number of amides is 1. The predicted octanol–water partition coefficient (Wildman–Crippen LogP) is 5.39. The summed E-state index contributed by atoms with van der Waals surface area (Å²) in [5, 5.41) is 16.0. The number of piperazine rings is 1. The average Bonchev–Trinajstić information content (AvgIpc) is 3.46. The van der Waals surface area contributed by atoms with Gasteiger partial charge in [0.15, 0.2) is 5.82 Å². The lowest BCUT2D eigenvalue weighted by Gasteiger charge is -2.35. The van der Waals surface area contributed by atoms with Crippen LogP contribution in [0.15, 0.2) is 54.6 Å². The monoisotopic (exact) mass is 663 g/mol. The van der Waals surface area contributed by atoms with Crippen LogP contribution in [0, 0.1) is 11.6 Å². The highest BCUT2D eigenvalue weighted by molar-refractivity contribution is 6.11. The van der Waals surface area contributed by atoms with Crippen molar-refractivity contribution < 1.29 is 32.7 Å². The number of aromatic amines is 1. The van der Waals surface area contributed by atoms with E-state index in [9.17, 15) is 18.4 Å². The van der Waals surface area contributed by atoms with E-state index in [1.54, 1.807) is 30.2 Å². The molecule has 14 heteroatoms. The first kappa shape index (κ1) is 33.0. The molecule has 0 unspecified atom stereocenters. The van der Waals surface area contributed by atoms with Gasteiger partial charge in [0, 0.05) is 68.1 Å². The number of hydroxylamine groups is 2. The summed E-state index contributed by atoms with van der Waals surface area (Å²) in [7, 11) is 2.11. The molecule has 2 saturated heterocycles. The summed E-state index contributed by atoms with van der Waals surface area (Å²) in [5.74, 6) is -0.942. The van der Waals surface area contributed by atoms with Gasteiger partial charge < -0.3 is 34.7 Å². The summed E-state index contributed by atoms with van der Waals surface area (Å²) in [6.45, 7) is 6.62. The van der Waals surface area contributed by atoms with E-state index in [1.807, 2.05) is 18.2 Å². The zero-order valence-corrected chi connectivity index (χ0v) is 26.9. The van der Waals surface area contributed by atoms with Gasteiger partial charge >= 0.3 is 6.16 Å². The highest BCUT2D eigenvalue weighted by atomic mass is 19.1. The lowest BCUT2D eigenvalue weighted by atomic mass is 10.0. The number of nitrogens with one attached hydrogen (secondary N) is 3. The van der Waals surface area contributed by atoms with E-state index in [0.29, 0.717) is 65.2 Å². The summed E-state index contributed by atoms with van der Waals surface area (Å²) in [5.41, 5.74) is 3.20. The number of nitrogens with zero attached hydrogens (tertiary/aromatic N) is 4. The van der Waals surface area contributed by atoms with Gasteiger partial charge in [-0.3, -0.25) is 9.89 Å². The molecule has 3 aromatic carbocycles. The first-order chi connectivity index (χ1) is 23.2. The van der Waals surface area contributed by atoms with E-state index in [-0.39, 0.29) is 25.2 Å². The summed E-state index contributed by atoms with van der Waals surface area (Å²) in [4.78, 5) is 35.5. The highest BCUT2D eigenvalue weighted by Crippen LogP contribution is 2.30. The third-order valence-corrected chi connectivity index (χ3v) is 8.49. The van der Waals surface area contributed by atoms with Crippen LogP contribution < -0.4 is 20.3 Å². The van der Waals surface area contributed by atoms with Crippen molar-refractivity contribution in [2.75, 3.05) is 68.5 Å². The first-order valence-electron chi connectivity index (χ1n) is 16.0. The molecular formula is C34H39F2N7O5. The van der Waals surface area contributed by atoms with Crippen LogP contribution in [-0.2, 0) is 16.2 Å². The van der Waals surface area contributed by atoms with Gasteiger partial charge in [-0.25, -0.2) is 13.6 Å². The largest absolute Gasteiger partial charge is 0.527 e. The molecule has 2 aliphatic heterocycles. The van der Waals surface area contributed by atoms with Crippen molar-refractivity contribution in [3.63, 3.8) is 0 Å². The van der Waals surface area contributed by atoms with Crippen LogP contribution in [0.25, 0.3) is 10.9 Å².